The van der Waals surface area contributed by atoms with E-state index in [1.54, 1.807) is 16.9 Å². The van der Waals surface area contributed by atoms with Crippen molar-refractivity contribution in [1.82, 2.24) is 24.9 Å². The molecule has 2 fully saturated rings. The number of rotatable bonds is 3. The lowest BCUT2D eigenvalue weighted by molar-refractivity contribution is -0.153. The van der Waals surface area contributed by atoms with Crippen molar-refractivity contribution < 1.29 is 18.0 Å². The molecule has 3 N–H and O–H groups in total. The third-order valence-corrected chi connectivity index (χ3v) is 7.49. The molecule has 2 saturated heterocycles. The van der Waals surface area contributed by atoms with Gasteiger partial charge in [-0.3, -0.25) is 4.79 Å². The van der Waals surface area contributed by atoms with Crippen LogP contribution in [0.1, 0.15) is 32.3 Å². The number of benzene rings is 1. The molecule has 2 aromatic heterocycles. The highest BCUT2D eigenvalue weighted by Gasteiger charge is 2.52. The zero-order valence-electron chi connectivity index (χ0n) is 19.3. The maximum Gasteiger partial charge on any atom is 0.403 e. The molecule has 3 aromatic rings. The molecule has 12 heteroatoms. The van der Waals surface area contributed by atoms with E-state index in [1.165, 1.54) is 0 Å². The Balaban J connectivity index is 1.23. The Morgan fingerprint density at radius 2 is 2.09 bits per heavy atom. The van der Waals surface area contributed by atoms with Gasteiger partial charge in [0.25, 0.3) is 0 Å². The number of anilines is 4. The van der Waals surface area contributed by atoms with E-state index in [4.69, 9.17) is 0 Å². The summed E-state index contributed by atoms with van der Waals surface area (Å²) in [5.41, 5.74) is 1.92. The summed E-state index contributed by atoms with van der Waals surface area (Å²) in [5, 5.41) is 13.2. The van der Waals surface area contributed by atoms with Crippen molar-refractivity contribution in [2.75, 3.05) is 35.2 Å². The third kappa shape index (κ3) is 3.58. The van der Waals surface area contributed by atoms with Gasteiger partial charge in [-0.25, -0.2) is 9.50 Å². The van der Waals surface area contributed by atoms with E-state index in [-0.39, 0.29) is 12.3 Å². The van der Waals surface area contributed by atoms with E-state index in [0.717, 1.165) is 16.9 Å². The van der Waals surface area contributed by atoms with E-state index < -0.39 is 23.0 Å². The molecule has 0 bridgehead atoms. The molecule has 0 radical (unpaired) electrons. The average Bonchev–Trinajstić information content (AvgIpc) is 3.55. The number of halogens is 3. The Kier molecular flexibility index (Phi) is 4.60. The lowest BCUT2D eigenvalue weighted by Gasteiger charge is -2.24. The van der Waals surface area contributed by atoms with Gasteiger partial charge in [0, 0.05) is 48.8 Å². The number of aromatic nitrogens is 4. The number of amides is 1. The molecule has 1 aromatic carbocycles. The van der Waals surface area contributed by atoms with Gasteiger partial charge >= 0.3 is 6.18 Å². The molecule has 35 heavy (non-hydrogen) atoms. The monoisotopic (exact) mass is 486 g/mol. The summed E-state index contributed by atoms with van der Waals surface area (Å²) >= 11 is 0. The van der Waals surface area contributed by atoms with Crippen LogP contribution < -0.4 is 20.9 Å². The normalized spacial score (nSPS) is 25.5. The first-order chi connectivity index (χ1) is 16.5. The fraction of sp³-hybridized carbons (Fsp3) is 0.478. The molecule has 0 aliphatic carbocycles. The summed E-state index contributed by atoms with van der Waals surface area (Å²) in [6.07, 6.45) is -0.207. The predicted molar refractivity (Wildman–Crippen MR) is 124 cm³/mol. The maximum absolute atomic E-state index is 13.2. The fourth-order valence-electron chi connectivity index (χ4n) is 5.46. The van der Waals surface area contributed by atoms with Crippen LogP contribution >= 0.6 is 0 Å². The second-order valence-electron chi connectivity index (χ2n) is 10.3. The summed E-state index contributed by atoms with van der Waals surface area (Å²) in [6, 6.07) is 4.17. The summed E-state index contributed by atoms with van der Waals surface area (Å²) in [7, 11) is 0. The Bertz CT molecular complexity index is 1340. The van der Waals surface area contributed by atoms with Crippen LogP contribution in [0.4, 0.5) is 36.3 Å². The largest absolute Gasteiger partial charge is 0.403 e. The Morgan fingerprint density at radius 3 is 2.86 bits per heavy atom. The van der Waals surface area contributed by atoms with Gasteiger partial charge in [0.2, 0.25) is 11.9 Å². The minimum atomic E-state index is -4.24. The SMILES string of the molecule is CC1(C)C(=O)Nc2cc(Nc3nc4c(N5CC[C@]6(CNC(C(F)(F)F)C6)C5)nccn4n3)ccc21. The molecular weight excluding hydrogens is 461 g/mol. The van der Waals surface area contributed by atoms with Gasteiger partial charge in [0.15, 0.2) is 11.5 Å². The molecule has 6 rings (SSSR count). The maximum atomic E-state index is 13.2. The zero-order chi connectivity index (χ0) is 24.6. The molecular formula is C23H25F3N8O. The number of nitrogens with zero attached hydrogens (tertiary/aromatic N) is 5. The van der Waals surface area contributed by atoms with Crippen LogP contribution in [-0.4, -0.2) is 57.3 Å². The zero-order valence-corrected chi connectivity index (χ0v) is 19.3. The standard InChI is InChI=1S/C23H25F3N8O/c1-21(2)14-4-3-13(9-15(14)30-19(21)35)29-20-31-18-17(27-6-8-34(18)32-20)33-7-5-22(12-33)10-16(28-11-22)23(24,25)26/h3-4,6,8-9,16,28H,5,7,10-12H2,1-2H3,(H,29,32)(H,30,35)/t16?,22-/m0/s1. The van der Waals surface area contributed by atoms with Crippen molar-refractivity contribution >= 4 is 34.7 Å². The highest BCUT2D eigenvalue weighted by Crippen LogP contribution is 2.44. The Morgan fingerprint density at radius 1 is 1.26 bits per heavy atom. The van der Waals surface area contributed by atoms with Gasteiger partial charge in [0.05, 0.1) is 5.41 Å². The van der Waals surface area contributed by atoms with Crippen molar-refractivity contribution in [2.24, 2.45) is 5.41 Å². The second kappa shape index (κ2) is 7.30. The number of carbonyl (C=O) groups excluding carboxylic acids is 1. The summed E-state index contributed by atoms with van der Waals surface area (Å²) < 4.78 is 41.2. The number of carbonyl (C=O) groups is 1. The first-order valence-electron chi connectivity index (χ1n) is 11.5. The van der Waals surface area contributed by atoms with E-state index >= 15 is 0 Å². The van der Waals surface area contributed by atoms with Crippen LogP contribution in [0.2, 0.25) is 0 Å². The van der Waals surface area contributed by atoms with Gasteiger partial charge in [-0.2, -0.15) is 18.2 Å². The van der Waals surface area contributed by atoms with Crippen molar-refractivity contribution in [3.63, 3.8) is 0 Å². The van der Waals surface area contributed by atoms with Crippen LogP contribution in [-0.2, 0) is 10.2 Å². The van der Waals surface area contributed by atoms with E-state index in [0.29, 0.717) is 43.5 Å². The molecule has 1 unspecified atom stereocenters. The second-order valence-corrected chi connectivity index (χ2v) is 10.3. The third-order valence-electron chi connectivity index (χ3n) is 7.49. The molecule has 2 atom stereocenters. The highest BCUT2D eigenvalue weighted by atomic mass is 19.4. The van der Waals surface area contributed by atoms with Crippen LogP contribution in [0, 0.1) is 5.41 Å². The van der Waals surface area contributed by atoms with Crippen molar-refractivity contribution in [3.8, 4) is 0 Å². The number of nitrogens with one attached hydrogen (secondary N) is 3. The predicted octanol–water partition coefficient (Wildman–Crippen LogP) is 3.22. The quantitative estimate of drug-likeness (QED) is 0.523. The van der Waals surface area contributed by atoms with Crippen molar-refractivity contribution in [3.05, 3.63) is 36.2 Å². The lowest BCUT2D eigenvalue weighted by Crippen LogP contribution is -2.36. The van der Waals surface area contributed by atoms with E-state index in [9.17, 15) is 18.0 Å². The number of fused-ring (bicyclic) bond motifs is 2. The summed E-state index contributed by atoms with van der Waals surface area (Å²) in [5.74, 6) is 0.910. The van der Waals surface area contributed by atoms with Gasteiger partial charge in [-0.1, -0.05) is 6.07 Å². The average molecular weight is 487 g/mol. The first kappa shape index (κ1) is 22.1. The molecule has 184 valence electrons. The van der Waals surface area contributed by atoms with Gasteiger partial charge < -0.3 is 20.9 Å². The van der Waals surface area contributed by atoms with E-state index in [2.05, 4.69) is 31.0 Å². The molecule has 5 heterocycles. The molecule has 3 aliphatic heterocycles. The molecule has 1 amide bonds. The number of hydrogen-bond acceptors (Lipinski definition) is 7. The molecule has 3 aliphatic rings. The highest BCUT2D eigenvalue weighted by molar-refractivity contribution is 6.06. The van der Waals surface area contributed by atoms with Crippen LogP contribution in [0.25, 0.3) is 5.65 Å². The van der Waals surface area contributed by atoms with Crippen LogP contribution in [0.15, 0.2) is 30.6 Å². The molecule has 0 saturated carbocycles. The summed E-state index contributed by atoms with van der Waals surface area (Å²) in [4.78, 5) is 23.3. The first-order valence-corrected chi connectivity index (χ1v) is 11.5. The smallest absolute Gasteiger partial charge is 0.353 e. The lowest BCUT2D eigenvalue weighted by atomic mass is 9.84. The summed E-state index contributed by atoms with van der Waals surface area (Å²) in [6.45, 7) is 5.19. The van der Waals surface area contributed by atoms with Gasteiger partial charge in [-0.05, 0) is 44.4 Å². The van der Waals surface area contributed by atoms with E-state index in [1.807, 2.05) is 36.9 Å². The topological polar surface area (TPSA) is 99.5 Å². The number of hydrogen-bond donors (Lipinski definition) is 3. The van der Waals surface area contributed by atoms with Crippen LogP contribution in [0.5, 0.6) is 0 Å². The Labute approximate surface area is 199 Å². The van der Waals surface area contributed by atoms with Crippen molar-refractivity contribution in [2.45, 2.75) is 44.3 Å². The molecule has 9 nitrogen and oxygen atoms in total. The van der Waals surface area contributed by atoms with Crippen LogP contribution in [0.3, 0.4) is 0 Å². The van der Waals surface area contributed by atoms with Crippen molar-refractivity contribution in [1.29, 1.82) is 0 Å². The fourth-order valence-corrected chi connectivity index (χ4v) is 5.46. The minimum Gasteiger partial charge on any atom is -0.353 e. The van der Waals surface area contributed by atoms with Gasteiger partial charge in [-0.15, -0.1) is 5.10 Å². The minimum absolute atomic E-state index is 0.0476. The number of alkyl halides is 3. The molecule has 1 spiro atoms. The Hall–Kier alpha value is -3.41. The van der Waals surface area contributed by atoms with Gasteiger partial charge in [0.1, 0.15) is 6.04 Å².